The number of anilines is 1. The highest BCUT2D eigenvalue weighted by molar-refractivity contribution is 7.92. The maximum Gasteiger partial charge on any atom is 0.244 e. The number of para-hydroxylation sites is 1. The number of hydrogen-bond acceptors (Lipinski definition) is 4. The van der Waals surface area contributed by atoms with Crippen LogP contribution in [0.3, 0.4) is 0 Å². The van der Waals surface area contributed by atoms with E-state index in [9.17, 15) is 18.0 Å². The SMILES string of the molecule is CNC(=O)[C@H](C)N(Cc1ccc(Cl)cc1)C(=O)CN(c1c(C)cccc1C)S(C)(=O)=O. The summed E-state index contributed by atoms with van der Waals surface area (Å²) in [5, 5.41) is 3.10. The molecule has 0 unspecified atom stereocenters. The van der Waals surface area contributed by atoms with Gasteiger partial charge in [-0.1, -0.05) is 41.9 Å². The lowest BCUT2D eigenvalue weighted by molar-refractivity contribution is -0.139. The van der Waals surface area contributed by atoms with E-state index in [4.69, 9.17) is 11.6 Å². The van der Waals surface area contributed by atoms with Crippen LogP contribution in [0.5, 0.6) is 0 Å². The summed E-state index contributed by atoms with van der Waals surface area (Å²) in [5.74, 6) is -0.834. The first-order valence-corrected chi connectivity index (χ1v) is 12.0. The van der Waals surface area contributed by atoms with E-state index in [1.54, 1.807) is 57.2 Å². The lowest BCUT2D eigenvalue weighted by Crippen LogP contribution is -2.50. The van der Waals surface area contributed by atoms with E-state index in [-0.39, 0.29) is 12.5 Å². The van der Waals surface area contributed by atoms with Crippen molar-refractivity contribution in [2.45, 2.75) is 33.4 Å². The van der Waals surface area contributed by atoms with Gasteiger partial charge >= 0.3 is 0 Å². The van der Waals surface area contributed by atoms with Gasteiger partial charge in [0, 0.05) is 18.6 Å². The van der Waals surface area contributed by atoms with Gasteiger partial charge in [0.05, 0.1) is 11.9 Å². The van der Waals surface area contributed by atoms with Crippen molar-refractivity contribution in [2.75, 3.05) is 24.2 Å². The van der Waals surface area contributed by atoms with E-state index < -0.39 is 28.5 Å². The Morgan fingerprint density at radius 2 is 1.61 bits per heavy atom. The quantitative estimate of drug-likeness (QED) is 0.649. The zero-order valence-corrected chi connectivity index (χ0v) is 19.9. The van der Waals surface area contributed by atoms with E-state index in [2.05, 4.69) is 5.32 Å². The van der Waals surface area contributed by atoms with Gasteiger partial charge in [0.15, 0.2) is 0 Å². The molecule has 0 aromatic heterocycles. The Kier molecular flexibility index (Phi) is 8.08. The second-order valence-electron chi connectivity index (χ2n) is 7.45. The van der Waals surface area contributed by atoms with E-state index in [0.717, 1.165) is 27.3 Å². The predicted molar refractivity (Wildman–Crippen MR) is 124 cm³/mol. The number of carbonyl (C=O) groups excluding carboxylic acids is 2. The molecule has 0 aliphatic carbocycles. The molecule has 0 radical (unpaired) electrons. The molecule has 0 fully saturated rings. The zero-order chi connectivity index (χ0) is 23.3. The van der Waals surface area contributed by atoms with Crippen molar-refractivity contribution >= 4 is 39.1 Å². The van der Waals surface area contributed by atoms with Crippen LogP contribution in [0, 0.1) is 13.8 Å². The Labute approximate surface area is 189 Å². The Morgan fingerprint density at radius 1 is 1.06 bits per heavy atom. The normalized spacial score (nSPS) is 12.2. The molecule has 2 aromatic rings. The zero-order valence-electron chi connectivity index (χ0n) is 18.3. The van der Waals surface area contributed by atoms with Gasteiger partial charge in [0.2, 0.25) is 21.8 Å². The van der Waals surface area contributed by atoms with E-state index >= 15 is 0 Å². The summed E-state index contributed by atoms with van der Waals surface area (Å²) in [6, 6.07) is 11.5. The van der Waals surface area contributed by atoms with Crippen LogP contribution < -0.4 is 9.62 Å². The predicted octanol–water partition coefficient (Wildman–Crippen LogP) is 2.89. The Morgan fingerprint density at radius 3 is 2.10 bits per heavy atom. The molecule has 0 bridgehead atoms. The topological polar surface area (TPSA) is 86.8 Å². The van der Waals surface area contributed by atoms with Crippen LogP contribution in [0.1, 0.15) is 23.6 Å². The van der Waals surface area contributed by atoms with Gasteiger partial charge in [-0.25, -0.2) is 8.42 Å². The molecule has 2 aromatic carbocycles. The van der Waals surface area contributed by atoms with Gasteiger partial charge in [0.1, 0.15) is 12.6 Å². The Hall–Kier alpha value is -2.58. The first-order chi connectivity index (χ1) is 14.5. The fraction of sp³-hybridized carbons (Fsp3) is 0.364. The molecule has 168 valence electrons. The number of nitrogens with one attached hydrogen (secondary N) is 1. The molecule has 0 heterocycles. The van der Waals surface area contributed by atoms with E-state index in [1.807, 2.05) is 6.07 Å². The van der Waals surface area contributed by atoms with Crippen molar-refractivity contribution in [2.24, 2.45) is 0 Å². The number of sulfonamides is 1. The minimum absolute atomic E-state index is 0.134. The molecular weight excluding hydrogens is 438 g/mol. The van der Waals surface area contributed by atoms with Crippen LogP contribution in [-0.4, -0.2) is 51.0 Å². The second kappa shape index (κ2) is 10.2. The maximum atomic E-state index is 13.3. The number of amides is 2. The van der Waals surface area contributed by atoms with Crippen molar-refractivity contribution < 1.29 is 18.0 Å². The highest BCUT2D eigenvalue weighted by Gasteiger charge is 2.30. The summed E-state index contributed by atoms with van der Waals surface area (Å²) < 4.78 is 26.3. The summed E-state index contributed by atoms with van der Waals surface area (Å²) in [4.78, 5) is 27.0. The van der Waals surface area contributed by atoms with Gasteiger partial charge in [-0.15, -0.1) is 0 Å². The molecule has 0 saturated carbocycles. The van der Waals surface area contributed by atoms with E-state index in [0.29, 0.717) is 10.7 Å². The average molecular weight is 466 g/mol. The van der Waals surface area contributed by atoms with Crippen molar-refractivity contribution in [3.05, 3.63) is 64.2 Å². The molecule has 0 aliphatic rings. The van der Waals surface area contributed by atoms with Crippen LogP contribution in [-0.2, 0) is 26.2 Å². The van der Waals surface area contributed by atoms with Crippen molar-refractivity contribution in [1.29, 1.82) is 0 Å². The summed E-state index contributed by atoms with van der Waals surface area (Å²) in [6.45, 7) is 4.91. The molecule has 1 N–H and O–H groups in total. The van der Waals surface area contributed by atoms with Crippen LogP contribution in [0.15, 0.2) is 42.5 Å². The van der Waals surface area contributed by atoms with Crippen LogP contribution in [0.4, 0.5) is 5.69 Å². The van der Waals surface area contributed by atoms with Gasteiger partial charge in [-0.2, -0.15) is 0 Å². The lowest BCUT2D eigenvalue weighted by atomic mass is 10.1. The van der Waals surface area contributed by atoms with Gasteiger partial charge in [-0.05, 0) is 49.6 Å². The number of likely N-dealkylation sites (N-methyl/N-ethyl adjacent to an activating group) is 1. The van der Waals surface area contributed by atoms with Gasteiger partial charge in [-0.3, -0.25) is 13.9 Å². The molecule has 0 saturated heterocycles. The molecule has 31 heavy (non-hydrogen) atoms. The summed E-state index contributed by atoms with van der Waals surface area (Å²) in [6.07, 6.45) is 1.07. The highest BCUT2D eigenvalue weighted by atomic mass is 35.5. The number of carbonyl (C=O) groups is 2. The molecule has 0 spiro atoms. The number of rotatable bonds is 8. The number of hydrogen-bond donors (Lipinski definition) is 1. The summed E-state index contributed by atoms with van der Waals surface area (Å²) >= 11 is 5.94. The lowest BCUT2D eigenvalue weighted by Gasteiger charge is -2.32. The monoisotopic (exact) mass is 465 g/mol. The molecule has 7 nitrogen and oxygen atoms in total. The van der Waals surface area contributed by atoms with Crippen LogP contribution >= 0.6 is 11.6 Å². The minimum Gasteiger partial charge on any atom is -0.357 e. The van der Waals surface area contributed by atoms with Crippen molar-refractivity contribution in [3.8, 4) is 0 Å². The fourth-order valence-corrected chi connectivity index (χ4v) is 4.44. The molecular formula is C22H28ClN3O4S. The largest absolute Gasteiger partial charge is 0.357 e. The third kappa shape index (κ3) is 6.21. The second-order valence-corrected chi connectivity index (χ2v) is 9.79. The highest BCUT2D eigenvalue weighted by Crippen LogP contribution is 2.27. The van der Waals surface area contributed by atoms with Crippen molar-refractivity contribution in [3.63, 3.8) is 0 Å². The van der Waals surface area contributed by atoms with Crippen LogP contribution in [0.2, 0.25) is 5.02 Å². The smallest absolute Gasteiger partial charge is 0.244 e. The first kappa shape index (κ1) is 24.7. The third-order valence-corrected chi connectivity index (χ3v) is 6.41. The molecule has 9 heteroatoms. The number of benzene rings is 2. The standard InChI is InChI=1S/C22H28ClN3O4S/c1-15-7-6-8-16(2)21(15)26(31(5,29)30)14-20(27)25(17(3)22(28)24-4)13-18-9-11-19(23)12-10-18/h6-12,17H,13-14H2,1-5H3,(H,24,28)/t17-/m0/s1. The van der Waals surface area contributed by atoms with Crippen LogP contribution in [0.25, 0.3) is 0 Å². The minimum atomic E-state index is -3.75. The molecule has 2 amide bonds. The fourth-order valence-electron chi connectivity index (χ4n) is 3.35. The molecule has 1 atom stereocenters. The molecule has 0 aliphatic heterocycles. The Balaban J connectivity index is 2.43. The van der Waals surface area contributed by atoms with Gasteiger partial charge < -0.3 is 10.2 Å². The molecule has 2 rings (SSSR count). The van der Waals surface area contributed by atoms with Gasteiger partial charge in [0.25, 0.3) is 0 Å². The average Bonchev–Trinajstić information content (AvgIpc) is 2.70. The van der Waals surface area contributed by atoms with Crippen molar-refractivity contribution in [1.82, 2.24) is 10.2 Å². The maximum absolute atomic E-state index is 13.3. The third-order valence-electron chi connectivity index (χ3n) is 5.05. The number of halogens is 1. The number of nitrogens with zero attached hydrogens (tertiary/aromatic N) is 2. The Bertz CT molecular complexity index is 1030. The summed E-state index contributed by atoms with van der Waals surface area (Å²) in [5.41, 5.74) is 2.72. The first-order valence-electron chi connectivity index (χ1n) is 9.75. The number of aryl methyl sites for hydroxylation is 2. The van der Waals surface area contributed by atoms with E-state index in [1.165, 1.54) is 11.9 Å². The summed E-state index contributed by atoms with van der Waals surface area (Å²) in [7, 11) is -2.26.